The predicted octanol–water partition coefficient (Wildman–Crippen LogP) is 0.871. The lowest BCUT2D eigenvalue weighted by Gasteiger charge is -2.23. The molecule has 9 heteroatoms. The average Bonchev–Trinajstić information content (AvgIpc) is 2.51. The number of sulfonamides is 1. The van der Waals surface area contributed by atoms with Crippen molar-refractivity contribution >= 4 is 28.4 Å². The Balaban J connectivity index is 0.00000441. The number of methoxy groups -OCH3 is 2. The van der Waals surface area contributed by atoms with Crippen LogP contribution in [-0.2, 0) is 14.8 Å². The van der Waals surface area contributed by atoms with Gasteiger partial charge in [0.05, 0.1) is 19.1 Å². The molecular weight excluding hydrogens is 332 g/mol. The van der Waals surface area contributed by atoms with E-state index in [0.717, 1.165) is 0 Å². The van der Waals surface area contributed by atoms with Gasteiger partial charge in [-0.1, -0.05) is 0 Å². The summed E-state index contributed by atoms with van der Waals surface area (Å²) in [6.45, 7) is 1.91. The molecule has 0 aliphatic carbocycles. The van der Waals surface area contributed by atoms with E-state index in [1.165, 1.54) is 43.8 Å². The van der Waals surface area contributed by atoms with Crippen molar-refractivity contribution in [2.45, 2.75) is 17.9 Å². The minimum Gasteiger partial charge on any atom is -0.496 e. The van der Waals surface area contributed by atoms with Crippen LogP contribution in [-0.4, -0.2) is 52.5 Å². The zero-order valence-corrected chi connectivity index (χ0v) is 14.5. The third kappa shape index (κ3) is 4.10. The van der Waals surface area contributed by atoms with Gasteiger partial charge in [-0.3, -0.25) is 0 Å². The van der Waals surface area contributed by atoms with Crippen molar-refractivity contribution < 1.29 is 22.7 Å². The van der Waals surface area contributed by atoms with E-state index in [9.17, 15) is 13.2 Å². The Labute approximate surface area is 136 Å². The van der Waals surface area contributed by atoms with Crippen molar-refractivity contribution in [3.63, 3.8) is 0 Å². The van der Waals surface area contributed by atoms with Crippen molar-refractivity contribution in [1.82, 2.24) is 4.31 Å². The van der Waals surface area contributed by atoms with Crippen LogP contribution in [0.4, 0.5) is 0 Å². The Hall–Kier alpha value is -1.35. The molecule has 0 bridgehead atoms. The maximum absolute atomic E-state index is 12.4. The molecule has 22 heavy (non-hydrogen) atoms. The third-order valence-electron chi connectivity index (χ3n) is 3.22. The van der Waals surface area contributed by atoms with E-state index in [4.69, 9.17) is 10.5 Å². The van der Waals surface area contributed by atoms with Crippen LogP contribution in [0.15, 0.2) is 23.1 Å². The van der Waals surface area contributed by atoms with Gasteiger partial charge in [0.25, 0.3) is 0 Å². The van der Waals surface area contributed by atoms with E-state index in [2.05, 4.69) is 4.74 Å². The van der Waals surface area contributed by atoms with E-state index in [0.29, 0.717) is 0 Å². The van der Waals surface area contributed by atoms with Crippen molar-refractivity contribution in [2.75, 3.05) is 27.8 Å². The summed E-state index contributed by atoms with van der Waals surface area (Å²) in [6, 6.07) is 3.64. The average molecular weight is 353 g/mol. The Morgan fingerprint density at radius 1 is 1.36 bits per heavy atom. The molecular formula is C13H21ClN2O5S. The van der Waals surface area contributed by atoms with Gasteiger partial charge in [-0.15, -0.1) is 12.4 Å². The van der Waals surface area contributed by atoms with Gasteiger partial charge in [0.15, 0.2) is 0 Å². The summed E-state index contributed by atoms with van der Waals surface area (Å²) in [5.41, 5.74) is 5.65. The van der Waals surface area contributed by atoms with Crippen LogP contribution in [0, 0.1) is 0 Å². The number of nitrogens with zero attached hydrogens (tertiary/aromatic N) is 1. The maximum Gasteiger partial charge on any atom is 0.341 e. The third-order valence-corrected chi connectivity index (χ3v) is 5.18. The monoisotopic (exact) mass is 352 g/mol. The quantitative estimate of drug-likeness (QED) is 0.763. The molecule has 1 aromatic rings. The standard InChI is InChI=1S/C13H20N2O5S.ClH/c1-9(8-14)15(2)21(17,18)10-5-6-11(13(16)20-4)12(7-10)19-3;/h5-7,9H,8,14H2,1-4H3;1H. The predicted molar refractivity (Wildman–Crippen MR) is 85.0 cm³/mol. The van der Waals surface area contributed by atoms with Crippen LogP contribution < -0.4 is 10.5 Å². The number of hydrogen-bond donors (Lipinski definition) is 1. The second-order valence-corrected chi connectivity index (χ2v) is 6.46. The molecule has 0 aromatic heterocycles. The molecule has 0 aliphatic rings. The lowest BCUT2D eigenvalue weighted by Crippen LogP contribution is -2.39. The lowest BCUT2D eigenvalue weighted by atomic mass is 10.2. The summed E-state index contributed by atoms with van der Waals surface area (Å²) in [5.74, 6) is -0.462. The first kappa shape index (κ1) is 20.6. The number of hydrogen-bond acceptors (Lipinski definition) is 6. The van der Waals surface area contributed by atoms with Crippen LogP contribution in [0.2, 0.25) is 0 Å². The van der Waals surface area contributed by atoms with Crippen LogP contribution >= 0.6 is 12.4 Å². The molecule has 0 saturated carbocycles. The van der Waals surface area contributed by atoms with Crippen molar-refractivity contribution in [2.24, 2.45) is 5.73 Å². The summed E-state index contributed by atoms with van der Waals surface area (Å²) < 4.78 is 35.8. The first-order chi connectivity index (χ1) is 9.79. The molecule has 0 radical (unpaired) electrons. The molecule has 0 fully saturated rings. The van der Waals surface area contributed by atoms with E-state index in [-0.39, 0.29) is 41.2 Å². The van der Waals surface area contributed by atoms with Crippen LogP contribution in [0.3, 0.4) is 0 Å². The fourth-order valence-electron chi connectivity index (χ4n) is 1.66. The molecule has 1 unspecified atom stereocenters. The summed E-state index contributed by atoms with van der Waals surface area (Å²) in [4.78, 5) is 11.6. The normalized spacial score (nSPS) is 12.5. The number of ether oxygens (including phenoxy) is 2. The van der Waals surface area contributed by atoms with E-state index < -0.39 is 16.0 Å². The minimum absolute atomic E-state index is 0. The van der Waals surface area contributed by atoms with Crippen LogP contribution in [0.5, 0.6) is 5.75 Å². The van der Waals surface area contributed by atoms with Crippen molar-refractivity contribution in [3.8, 4) is 5.75 Å². The first-order valence-electron chi connectivity index (χ1n) is 6.24. The molecule has 1 atom stereocenters. The highest BCUT2D eigenvalue weighted by molar-refractivity contribution is 7.89. The fourth-order valence-corrected chi connectivity index (χ4v) is 3.05. The Morgan fingerprint density at radius 2 is 1.95 bits per heavy atom. The van der Waals surface area contributed by atoms with E-state index >= 15 is 0 Å². The number of rotatable bonds is 6. The molecule has 0 saturated heterocycles. The minimum atomic E-state index is -3.71. The molecule has 7 nitrogen and oxygen atoms in total. The summed E-state index contributed by atoms with van der Waals surface area (Å²) in [7, 11) is 0.332. The van der Waals surface area contributed by atoms with E-state index in [1.807, 2.05) is 0 Å². The summed E-state index contributed by atoms with van der Waals surface area (Å²) in [6.07, 6.45) is 0. The van der Waals surface area contributed by atoms with Crippen LogP contribution in [0.1, 0.15) is 17.3 Å². The molecule has 0 heterocycles. The Bertz CT molecular complexity index is 621. The van der Waals surface area contributed by atoms with Gasteiger partial charge in [-0.2, -0.15) is 4.31 Å². The Kier molecular flexibility index (Phi) is 7.82. The largest absolute Gasteiger partial charge is 0.496 e. The number of benzene rings is 1. The smallest absolute Gasteiger partial charge is 0.341 e. The van der Waals surface area contributed by atoms with Crippen molar-refractivity contribution in [3.05, 3.63) is 23.8 Å². The molecule has 0 aliphatic heterocycles. The van der Waals surface area contributed by atoms with Gasteiger partial charge in [-0.05, 0) is 19.1 Å². The number of carbonyl (C=O) groups excluding carboxylic acids is 1. The molecule has 126 valence electrons. The van der Waals surface area contributed by atoms with Gasteiger partial charge in [0.1, 0.15) is 11.3 Å². The second-order valence-electron chi connectivity index (χ2n) is 4.46. The number of halogens is 1. The van der Waals surface area contributed by atoms with Crippen LogP contribution in [0.25, 0.3) is 0 Å². The summed E-state index contributed by atoms with van der Waals surface area (Å²) >= 11 is 0. The molecule has 1 rings (SSSR count). The molecule has 2 N–H and O–H groups in total. The number of nitrogens with two attached hydrogens (primary N) is 1. The van der Waals surface area contributed by atoms with Gasteiger partial charge in [-0.25, -0.2) is 13.2 Å². The molecule has 0 amide bonds. The zero-order valence-electron chi connectivity index (χ0n) is 12.9. The molecule has 0 spiro atoms. The van der Waals surface area contributed by atoms with Gasteiger partial charge >= 0.3 is 5.97 Å². The highest BCUT2D eigenvalue weighted by Gasteiger charge is 2.26. The van der Waals surface area contributed by atoms with Gasteiger partial charge < -0.3 is 15.2 Å². The summed E-state index contributed by atoms with van der Waals surface area (Å²) in [5, 5.41) is 0. The van der Waals surface area contributed by atoms with Crippen molar-refractivity contribution in [1.29, 1.82) is 0 Å². The first-order valence-corrected chi connectivity index (χ1v) is 7.68. The second kappa shape index (κ2) is 8.33. The lowest BCUT2D eigenvalue weighted by molar-refractivity contribution is 0.0597. The van der Waals surface area contributed by atoms with Gasteiger partial charge in [0.2, 0.25) is 10.0 Å². The number of esters is 1. The number of likely N-dealkylation sites (N-methyl/N-ethyl adjacent to an activating group) is 1. The fraction of sp³-hybridized carbons (Fsp3) is 0.462. The SMILES string of the molecule is COC(=O)c1ccc(S(=O)(=O)N(C)C(C)CN)cc1OC.Cl. The topological polar surface area (TPSA) is 98.9 Å². The van der Waals surface area contributed by atoms with Gasteiger partial charge in [0, 0.05) is 25.7 Å². The Morgan fingerprint density at radius 3 is 2.41 bits per heavy atom. The highest BCUT2D eigenvalue weighted by atomic mass is 35.5. The maximum atomic E-state index is 12.4. The van der Waals surface area contributed by atoms with E-state index in [1.54, 1.807) is 6.92 Å². The molecule has 1 aromatic carbocycles. The number of carbonyl (C=O) groups is 1. The highest BCUT2D eigenvalue weighted by Crippen LogP contribution is 2.25. The zero-order chi connectivity index (χ0) is 16.2.